The number of para-hydroxylation sites is 2. The van der Waals surface area contributed by atoms with Crippen molar-refractivity contribution in [2.45, 2.75) is 44.7 Å². The second-order valence-corrected chi connectivity index (χ2v) is 8.29. The van der Waals surface area contributed by atoms with E-state index >= 15 is 0 Å². The number of benzene rings is 1. The van der Waals surface area contributed by atoms with Crippen LogP contribution >= 0.6 is 0 Å². The fourth-order valence-electron chi connectivity index (χ4n) is 4.80. The Morgan fingerprint density at radius 3 is 2.59 bits per heavy atom. The van der Waals surface area contributed by atoms with Gasteiger partial charge in [0.2, 0.25) is 11.8 Å². The van der Waals surface area contributed by atoms with Crippen LogP contribution in [0.1, 0.15) is 38.6 Å². The Balaban J connectivity index is 1.40. The molecule has 2 aromatic rings. The number of carbonyl (C=O) groups excluding carboxylic acids is 2. The van der Waals surface area contributed by atoms with Crippen LogP contribution < -0.4 is 11.4 Å². The van der Waals surface area contributed by atoms with Crippen molar-refractivity contribution in [2.24, 2.45) is 11.7 Å². The van der Waals surface area contributed by atoms with Crippen molar-refractivity contribution < 1.29 is 9.59 Å². The molecule has 2 aliphatic rings. The SMILES string of the molecule is CC(C(=O)N1CCCC(C(N)=O)C1)N1CCC(n2c(=O)[nH]c3ccccc32)CC1. The molecule has 8 heteroatoms. The van der Waals surface area contributed by atoms with E-state index in [9.17, 15) is 14.4 Å². The number of aromatic nitrogens is 2. The summed E-state index contributed by atoms with van der Waals surface area (Å²) in [6.07, 6.45) is 3.22. The van der Waals surface area contributed by atoms with Crippen LogP contribution in [0.25, 0.3) is 11.0 Å². The molecule has 2 atom stereocenters. The van der Waals surface area contributed by atoms with Crippen LogP contribution in [0.3, 0.4) is 0 Å². The normalized spacial score (nSPS) is 22.7. The molecule has 0 spiro atoms. The molecule has 1 aromatic carbocycles. The summed E-state index contributed by atoms with van der Waals surface area (Å²) in [5.74, 6) is -0.488. The summed E-state index contributed by atoms with van der Waals surface area (Å²) >= 11 is 0. The van der Waals surface area contributed by atoms with Gasteiger partial charge >= 0.3 is 5.69 Å². The van der Waals surface area contributed by atoms with Gasteiger partial charge in [-0.3, -0.25) is 19.1 Å². The lowest BCUT2D eigenvalue weighted by Gasteiger charge is -2.39. The zero-order valence-corrected chi connectivity index (χ0v) is 16.8. The van der Waals surface area contributed by atoms with Crippen molar-refractivity contribution in [1.82, 2.24) is 19.4 Å². The molecule has 2 fully saturated rings. The number of rotatable bonds is 4. The first-order chi connectivity index (χ1) is 14.0. The summed E-state index contributed by atoms with van der Waals surface area (Å²) in [7, 11) is 0. The van der Waals surface area contributed by atoms with Crippen LogP contribution in [0.15, 0.2) is 29.1 Å². The standard InChI is InChI=1S/C21H29N5O3/c1-14(20(28)25-10-4-5-15(13-25)19(22)27)24-11-8-16(9-12-24)26-18-7-3-2-6-17(18)23-21(26)29/h2-3,6-7,14-16H,4-5,8-13H2,1H3,(H2,22,27)(H,23,29). The molecule has 29 heavy (non-hydrogen) atoms. The molecule has 2 aliphatic heterocycles. The van der Waals surface area contributed by atoms with Gasteiger partial charge in [-0.05, 0) is 44.7 Å². The number of primary amides is 1. The number of aromatic amines is 1. The second-order valence-electron chi connectivity index (χ2n) is 8.29. The average molecular weight is 399 g/mol. The quantitative estimate of drug-likeness (QED) is 0.803. The minimum Gasteiger partial charge on any atom is -0.369 e. The number of nitrogens with zero attached hydrogens (tertiary/aromatic N) is 3. The number of nitrogens with two attached hydrogens (primary N) is 1. The monoisotopic (exact) mass is 399 g/mol. The summed E-state index contributed by atoms with van der Waals surface area (Å²) in [6, 6.07) is 7.65. The molecule has 3 N–H and O–H groups in total. The van der Waals surface area contributed by atoms with Crippen molar-refractivity contribution in [3.63, 3.8) is 0 Å². The van der Waals surface area contributed by atoms with E-state index < -0.39 is 0 Å². The zero-order valence-electron chi connectivity index (χ0n) is 16.8. The molecule has 8 nitrogen and oxygen atoms in total. The van der Waals surface area contributed by atoms with Crippen molar-refractivity contribution in [2.75, 3.05) is 26.2 Å². The Bertz CT molecular complexity index is 957. The number of nitrogens with one attached hydrogen (secondary N) is 1. The Kier molecular flexibility index (Phi) is 5.45. The van der Waals surface area contributed by atoms with E-state index in [1.54, 1.807) is 4.90 Å². The third-order valence-electron chi connectivity index (χ3n) is 6.53. The minimum atomic E-state index is -0.319. The van der Waals surface area contributed by atoms with Gasteiger partial charge in [-0.15, -0.1) is 0 Å². The highest BCUT2D eigenvalue weighted by molar-refractivity contribution is 5.83. The highest BCUT2D eigenvalue weighted by atomic mass is 16.2. The number of piperidine rings is 2. The maximum Gasteiger partial charge on any atom is 0.326 e. The Morgan fingerprint density at radius 2 is 1.86 bits per heavy atom. The highest BCUT2D eigenvalue weighted by Crippen LogP contribution is 2.26. The van der Waals surface area contributed by atoms with Crippen LogP contribution in [0, 0.1) is 5.92 Å². The number of hydrogen-bond acceptors (Lipinski definition) is 4. The Hall–Kier alpha value is -2.61. The van der Waals surface area contributed by atoms with Gasteiger partial charge in [0.05, 0.1) is 23.0 Å². The predicted molar refractivity (Wildman–Crippen MR) is 110 cm³/mol. The van der Waals surface area contributed by atoms with Gasteiger partial charge in [0.1, 0.15) is 0 Å². The largest absolute Gasteiger partial charge is 0.369 e. The summed E-state index contributed by atoms with van der Waals surface area (Å²) in [4.78, 5) is 43.8. The lowest BCUT2D eigenvalue weighted by Crippen LogP contribution is -2.53. The number of imidazole rings is 1. The Morgan fingerprint density at radius 1 is 1.14 bits per heavy atom. The van der Waals surface area contributed by atoms with Gasteiger partial charge in [0.25, 0.3) is 0 Å². The minimum absolute atomic E-state index is 0.0682. The van der Waals surface area contributed by atoms with Gasteiger partial charge in [0, 0.05) is 32.2 Å². The van der Waals surface area contributed by atoms with Crippen LogP contribution in [0.2, 0.25) is 0 Å². The Labute approximate surface area is 169 Å². The molecule has 2 unspecified atom stereocenters. The van der Waals surface area contributed by atoms with E-state index in [1.165, 1.54) is 0 Å². The summed E-state index contributed by atoms with van der Waals surface area (Å²) < 4.78 is 1.86. The number of hydrogen-bond donors (Lipinski definition) is 2. The van der Waals surface area contributed by atoms with Crippen LogP contribution in [-0.2, 0) is 9.59 Å². The maximum atomic E-state index is 13.0. The molecule has 0 radical (unpaired) electrons. The van der Waals surface area contributed by atoms with Crippen molar-refractivity contribution in [3.05, 3.63) is 34.7 Å². The first-order valence-corrected chi connectivity index (χ1v) is 10.5. The first kappa shape index (κ1) is 19.7. The number of fused-ring (bicyclic) bond motifs is 1. The molecule has 156 valence electrons. The van der Waals surface area contributed by atoms with Gasteiger partial charge in [0.15, 0.2) is 0 Å². The molecule has 2 amide bonds. The van der Waals surface area contributed by atoms with E-state index in [2.05, 4.69) is 9.88 Å². The second kappa shape index (κ2) is 8.02. The summed E-state index contributed by atoms with van der Waals surface area (Å²) in [5, 5.41) is 0. The third-order valence-corrected chi connectivity index (χ3v) is 6.53. The molecule has 3 heterocycles. The smallest absolute Gasteiger partial charge is 0.326 e. The van der Waals surface area contributed by atoms with Gasteiger partial charge in [-0.25, -0.2) is 4.79 Å². The van der Waals surface area contributed by atoms with E-state index in [0.29, 0.717) is 13.1 Å². The molecular formula is C21H29N5O3. The van der Waals surface area contributed by atoms with Crippen LogP contribution in [0.5, 0.6) is 0 Å². The molecule has 0 saturated carbocycles. The predicted octanol–water partition coefficient (Wildman–Crippen LogP) is 1.08. The number of carbonyl (C=O) groups is 2. The average Bonchev–Trinajstić information content (AvgIpc) is 3.08. The number of likely N-dealkylation sites (tertiary alicyclic amines) is 2. The lowest BCUT2D eigenvalue weighted by atomic mass is 9.96. The van der Waals surface area contributed by atoms with Crippen LogP contribution in [-0.4, -0.2) is 63.4 Å². The fraction of sp³-hybridized carbons (Fsp3) is 0.571. The van der Waals surface area contributed by atoms with E-state index in [1.807, 2.05) is 35.8 Å². The van der Waals surface area contributed by atoms with Crippen molar-refractivity contribution in [1.29, 1.82) is 0 Å². The first-order valence-electron chi connectivity index (χ1n) is 10.5. The molecule has 0 bridgehead atoms. The highest BCUT2D eigenvalue weighted by Gasteiger charge is 2.33. The van der Waals surface area contributed by atoms with Crippen molar-refractivity contribution in [3.8, 4) is 0 Å². The zero-order chi connectivity index (χ0) is 20.5. The third kappa shape index (κ3) is 3.81. The molecule has 0 aliphatic carbocycles. The topological polar surface area (TPSA) is 104 Å². The fourth-order valence-corrected chi connectivity index (χ4v) is 4.80. The molecular weight excluding hydrogens is 370 g/mol. The van der Waals surface area contributed by atoms with E-state index in [4.69, 9.17) is 5.73 Å². The lowest BCUT2D eigenvalue weighted by molar-refractivity contribution is -0.140. The number of H-pyrrole nitrogens is 1. The van der Waals surface area contributed by atoms with Crippen molar-refractivity contribution >= 4 is 22.8 Å². The maximum absolute atomic E-state index is 13.0. The van der Waals surface area contributed by atoms with E-state index in [0.717, 1.165) is 49.8 Å². The van der Waals surface area contributed by atoms with Gasteiger partial charge < -0.3 is 15.6 Å². The summed E-state index contributed by atoms with van der Waals surface area (Å²) in [6.45, 7) is 4.58. The molecule has 1 aromatic heterocycles. The van der Waals surface area contributed by atoms with Gasteiger partial charge in [-0.2, -0.15) is 0 Å². The summed E-state index contributed by atoms with van der Waals surface area (Å²) in [5.41, 5.74) is 7.17. The van der Waals surface area contributed by atoms with E-state index in [-0.39, 0.29) is 35.5 Å². The molecule has 4 rings (SSSR count). The van der Waals surface area contributed by atoms with Crippen LogP contribution in [0.4, 0.5) is 0 Å². The number of amides is 2. The molecule has 2 saturated heterocycles. The van der Waals surface area contributed by atoms with Gasteiger partial charge in [-0.1, -0.05) is 12.1 Å².